The van der Waals surface area contributed by atoms with Crippen LogP contribution in [0.25, 0.3) is 11.1 Å². The van der Waals surface area contributed by atoms with Crippen LogP contribution in [0.1, 0.15) is 21.5 Å². The van der Waals surface area contributed by atoms with Gasteiger partial charge in [0, 0.05) is 10.4 Å². The summed E-state index contributed by atoms with van der Waals surface area (Å²) in [6.07, 6.45) is 0.749. The molecule has 19 heavy (non-hydrogen) atoms. The van der Waals surface area contributed by atoms with Gasteiger partial charge in [-0.15, -0.1) is 11.3 Å². The number of halogens is 1. The second kappa shape index (κ2) is 5.40. The summed E-state index contributed by atoms with van der Waals surface area (Å²) < 4.78 is 17.7. The Morgan fingerprint density at radius 1 is 1.37 bits per heavy atom. The van der Waals surface area contributed by atoms with Gasteiger partial charge in [0.1, 0.15) is 10.7 Å². The SMILES string of the molecule is CCc1sc(C(=O)OC)c(N)c1-c1ccc(F)cc1. The first kappa shape index (κ1) is 13.5. The highest BCUT2D eigenvalue weighted by molar-refractivity contribution is 7.15. The lowest BCUT2D eigenvalue weighted by Gasteiger charge is -2.04. The number of methoxy groups -OCH3 is 1. The molecule has 2 N–H and O–H groups in total. The van der Waals surface area contributed by atoms with Crippen molar-refractivity contribution in [2.75, 3.05) is 12.8 Å². The Kier molecular flexibility index (Phi) is 3.85. The third-order valence-corrected chi connectivity index (χ3v) is 4.17. The lowest BCUT2D eigenvalue weighted by molar-refractivity contribution is 0.0607. The van der Waals surface area contributed by atoms with Crippen molar-refractivity contribution in [3.8, 4) is 11.1 Å². The first-order valence-corrected chi connectivity index (χ1v) is 6.65. The molecule has 100 valence electrons. The second-order valence-electron chi connectivity index (χ2n) is 4.00. The minimum atomic E-state index is -0.439. The average molecular weight is 279 g/mol. The fourth-order valence-electron chi connectivity index (χ4n) is 1.92. The molecule has 0 radical (unpaired) electrons. The standard InChI is InChI=1S/C14H14FNO2S/c1-3-10-11(8-4-6-9(15)7-5-8)12(16)13(19-10)14(17)18-2/h4-7H,3,16H2,1-2H3. The Labute approximate surface area is 114 Å². The van der Waals surface area contributed by atoms with E-state index in [0.717, 1.165) is 22.4 Å². The minimum absolute atomic E-state index is 0.302. The summed E-state index contributed by atoms with van der Waals surface area (Å²) in [5, 5.41) is 0. The van der Waals surface area contributed by atoms with Crippen molar-refractivity contribution in [1.82, 2.24) is 0 Å². The van der Waals surface area contributed by atoms with E-state index in [1.165, 1.54) is 30.6 Å². The summed E-state index contributed by atoms with van der Waals surface area (Å²) in [6.45, 7) is 1.99. The molecule has 0 fully saturated rings. The Bertz CT molecular complexity index is 605. The van der Waals surface area contributed by atoms with Crippen molar-refractivity contribution >= 4 is 23.0 Å². The van der Waals surface area contributed by atoms with E-state index in [2.05, 4.69) is 0 Å². The molecule has 0 bridgehead atoms. The molecule has 3 nitrogen and oxygen atoms in total. The van der Waals surface area contributed by atoms with Crippen molar-refractivity contribution in [1.29, 1.82) is 0 Å². The molecule has 1 heterocycles. The van der Waals surface area contributed by atoms with Crippen LogP contribution >= 0.6 is 11.3 Å². The third kappa shape index (κ3) is 2.46. The van der Waals surface area contributed by atoms with Crippen molar-refractivity contribution in [2.24, 2.45) is 0 Å². The number of nitrogen functional groups attached to an aromatic ring is 1. The molecule has 2 aromatic rings. The van der Waals surface area contributed by atoms with Crippen LogP contribution < -0.4 is 5.73 Å². The number of thiophene rings is 1. The predicted molar refractivity (Wildman–Crippen MR) is 74.8 cm³/mol. The molecule has 0 aliphatic carbocycles. The van der Waals surface area contributed by atoms with E-state index in [1.54, 1.807) is 12.1 Å². The Morgan fingerprint density at radius 3 is 2.53 bits per heavy atom. The quantitative estimate of drug-likeness (QED) is 0.875. The van der Waals surface area contributed by atoms with Gasteiger partial charge in [0.25, 0.3) is 0 Å². The molecule has 5 heteroatoms. The summed E-state index contributed by atoms with van der Waals surface area (Å²) in [7, 11) is 1.32. The van der Waals surface area contributed by atoms with E-state index < -0.39 is 5.97 Å². The van der Waals surface area contributed by atoms with Crippen molar-refractivity contribution in [3.63, 3.8) is 0 Å². The summed E-state index contributed by atoms with van der Waals surface area (Å²) in [4.78, 5) is 13.0. The number of nitrogens with two attached hydrogens (primary N) is 1. The maximum Gasteiger partial charge on any atom is 0.350 e. The fourth-order valence-corrected chi connectivity index (χ4v) is 3.02. The van der Waals surface area contributed by atoms with E-state index in [1.807, 2.05) is 6.92 Å². The maximum atomic E-state index is 13.0. The van der Waals surface area contributed by atoms with Gasteiger partial charge in [0.2, 0.25) is 0 Å². The highest BCUT2D eigenvalue weighted by Crippen LogP contribution is 2.39. The molecule has 1 aromatic carbocycles. The zero-order chi connectivity index (χ0) is 14.0. The molecular weight excluding hydrogens is 265 g/mol. The van der Waals surface area contributed by atoms with E-state index in [4.69, 9.17) is 10.5 Å². The fraction of sp³-hybridized carbons (Fsp3) is 0.214. The number of benzene rings is 1. The number of aryl methyl sites for hydroxylation is 1. The molecule has 0 aliphatic rings. The first-order chi connectivity index (χ1) is 9.08. The van der Waals surface area contributed by atoms with Crippen LogP contribution in [0.5, 0.6) is 0 Å². The molecule has 0 unspecified atom stereocenters. The molecule has 0 amide bonds. The maximum absolute atomic E-state index is 13.0. The number of anilines is 1. The molecule has 0 saturated carbocycles. The van der Waals surface area contributed by atoms with E-state index in [9.17, 15) is 9.18 Å². The monoisotopic (exact) mass is 279 g/mol. The van der Waals surface area contributed by atoms with Gasteiger partial charge in [-0.05, 0) is 24.1 Å². The zero-order valence-electron chi connectivity index (χ0n) is 10.7. The third-order valence-electron chi connectivity index (χ3n) is 2.84. The van der Waals surface area contributed by atoms with Crippen molar-refractivity contribution < 1.29 is 13.9 Å². The lowest BCUT2D eigenvalue weighted by atomic mass is 10.0. The molecular formula is C14H14FNO2S. The van der Waals surface area contributed by atoms with Crippen LogP contribution in [0.15, 0.2) is 24.3 Å². The number of ether oxygens (including phenoxy) is 1. The van der Waals surface area contributed by atoms with E-state index in [-0.39, 0.29) is 5.82 Å². The van der Waals surface area contributed by atoms with Crippen molar-refractivity contribution in [2.45, 2.75) is 13.3 Å². The van der Waals surface area contributed by atoms with Gasteiger partial charge >= 0.3 is 5.97 Å². The smallest absolute Gasteiger partial charge is 0.350 e. The Morgan fingerprint density at radius 2 is 2.00 bits per heavy atom. The number of esters is 1. The van der Waals surface area contributed by atoms with Gasteiger partial charge < -0.3 is 10.5 Å². The van der Waals surface area contributed by atoms with Crippen LogP contribution in [0.3, 0.4) is 0 Å². The molecule has 1 aromatic heterocycles. The van der Waals surface area contributed by atoms with Crippen LogP contribution in [0, 0.1) is 5.82 Å². The lowest BCUT2D eigenvalue weighted by Crippen LogP contribution is -2.02. The van der Waals surface area contributed by atoms with Gasteiger partial charge in [-0.2, -0.15) is 0 Å². The molecule has 0 spiro atoms. The Hall–Kier alpha value is -1.88. The van der Waals surface area contributed by atoms with Gasteiger partial charge in [-0.1, -0.05) is 19.1 Å². The van der Waals surface area contributed by atoms with Crippen LogP contribution in [-0.4, -0.2) is 13.1 Å². The normalized spacial score (nSPS) is 10.5. The number of hydrogen-bond acceptors (Lipinski definition) is 4. The number of hydrogen-bond donors (Lipinski definition) is 1. The number of carbonyl (C=O) groups is 1. The minimum Gasteiger partial charge on any atom is -0.465 e. The first-order valence-electron chi connectivity index (χ1n) is 5.83. The molecule has 0 saturated heterocycles. The largest absolute Gasteiger partial charge is 0.465 e. The summed E-state index contributed by atoms with van der Waals surface area (Å²) in [5.41, 5.74) is 8.05. The number of carbonyl (C=O) groups excluding carboxylic acids is 1. The zero-order valence-corrected chi connectivity index (χ0v) is 11.5. The summed E-state index contributed by atoms with van der Waals surface area (Å²) in [5.74, 6) is -0.741. The highest BCUT2D eigenvalue weighted by Gasteiger charge is 2.21. The van der Waals surface area contributed by atoms with Crippen LogP contribution in [0.2, 0.25) is 0 Å². The Balaban J connectivity index is 2.59. The van der Waals surface area contributed by atoms with Crippen LogP contribution in [-0.2, 0) is 11.2 Å². The summed E-state index contributed by atoms with van der Waals surface area (Å²) in [6, 6.07) is 6.08. The van der Waals surface area contributed by atoms with E-state index in [0.29, 0.717) is 10.6 Å². The van der Waals surface area contributed by atoms with Gasteiger partial charge in [-0.3, -0.25) is 0 Å². The van der Waals surface area contributed by atoms with Gasteiger partial charge in [0.15, 0.2) is 0 Å². The van der Waals surface area contributed by atoms with Crippen molar-refractivity contribution in [3.05, 3.63) is 39.8 Å². The van der Waals surface area contributed by atoms with Crippen LogP contribution in [0.4, 0.5) is 10.1 Å². The highest BCUT2D eigenvalue weighted by atomic mass is 32.1. The number of rotatable bonds is 3. The summed E-state index contributed by atoms with van der Waals surface area (Å²) >= 11 is 1.32. The van der Waals surface area contributed by atoms with Gasteiger partial charge in [0.05, 0.1) is 12.8 Å². The van der Waals surface area contributed by atoms with E-state index >= 15 is 0 Å². The topological polar surface area (TPSA) is 52.3 Å². The van der Waals surface area contributed by atoms with Gasteiger partial charge in [-0.25, -0.2) is 9.18 Å². The molecule has 0 aliphatic heterocycles. The molecule has 0 atom stereocenters. The second-order valence-corrected chi connectivity index (χ2v) is 5.10. The predicted octanol–water partition coefficient (Wildman–Crippen LogP) is 3.49. The average Bonchev–Trinajstić information content (AvgIpc) is 2.76. The molecule has 2 rings (SSSR count).